The molecule has 1 fully saturated rings. The van der Waals surface area contributed by atoms with Gasteiger partial charge in [-0.1, -0.05) is 0 Å². The van der Waals surface area contributed by atoms with Crippen molar-refractivity contribution in [2.24, 2.45) is 0 Å². The lowest BCUT2D eigenvalue weighted by Crippen LogP contribution is -2.38. The number of hydrogen-bond acceptors (Lipinski definition) is 4. The number of anilines is 2. The van der Waals surface area contributed by atoms with Gasteiger partial charge in [0.15, 0.2) is 0 Å². The molecule has 23 heavy (non-hydrogen) atoms. The number of benzene rings is 1. The van der Waals surface area contributed by atoms with Gasteiger partial charge in [-0.15, -0.1) is 0 Å². The van der Waals surface area contributed by atoms with Gasteiger partial charge in [-0.05, 0) is 64.4 Å². The van der Waals surface area contributed by atoms with Crippen LogP contribution in [0.5, 0.6) is 0 Å². The van der Waals surface area contributed by atoms with Gasteiger partial charge in [-0.2, -0.15) is 0 Å². The first-order chi connectivity index (χ1) is 11.0. The Kier molecular flexibility index (Phi) is 6.42. The standard InChI is InChI=1S/C18H29N3O2/c1-4-21(14(2)3)16-9-7-15(8-10-16)19-18(23)12-20-11-5-6-17(20)13-22/h7-10,14,17,22H,4-6,11-13H2,1-3H3,(H,19,23). The molecule has 0 aliphatic carbocycles. The summed E-state index contributed by atoms with van der Waals surface area (Å²) in [6, 6.07) is 8.58. The van der Waals surface area contributed by atoms with Crippen molar-refractivity contribution in [2.75, 3.05) is 36.5 Å². The molecule has 0 bridgehead atoms. The molecule has 1 aliphatic rings. The summed E-state index contributed by atoms with van der Waals surface area (Å²) < 4.78 is 0. The molecule has 1 heterocycles. The van der Waals surface area contributed by atoms with Gasteiger partial charge < -0.3 is 15.3 Å². The van der Waals surface area contributed by atoms with Crippen molar-refractivity contribution in [3.05, 3.63) is 24.3 Å². The molecule has 5 heteroatoms. The molecular formula is C18H29N3O2. The summed E-state index contributed by atoms with van der Waals surface area (Å²) in [7, 11) is 0. The first-order valence-corrected chi connectivity index (χ1v) is 8.56. The summed E-state index contributed by atoms with van der Waals surface area (Å²) in [5, 5.41) is 12.3. The van der Waals surface area contributed by atoms with E-state index in [1.807, 2.05) is 24.3 Å². The molecule has 0 spiro atoms. The van der Waals surface area contributed by atoms with Crippen LogP contribution in [-0.2, 0) is 4.79 Å². The highest BCUT2D eigenvalue weighted by Crippen LogP contribution is 2.20. The second-order valence-corrected chi connectivity index (χ2v) is 6.42. The average molecular weight is 319 g/mol. The lowest BCUT2D eigenvalue weighted by atomic mass is 10.2. The largest absolute Gasteiger partial charge is 0.395 e. The Morgan fingerprint density at radius 1 is 1.39 bits per heavy atom. The molecule has 1 aliphatic heterocycles. The van der Waals surface area contributed by atoms with Crippen molar-refractivity contribution >= 4 is 17.3 Å². The molecule has 1 aromatic rings. The number of nitrogens with zero attached hydrogens (tertiary/aromatic N) is 2. The van der Waals surface area contributed by atoms with Gasteiger partial charge in [0.2, 0.25) is 5.91 Å². The van der Waals surface area contributed by atoms with Crippen LogP contribution in [-0.4, -0.2) is 54.2 Å². The summed E-state index contributed by atoms with van der Waals surface area (Å²) in [5.74, 6) is -0.0192. The van der Waals surface area contributed by atoms with Crippen LogP contribution < -0.4 is 10.2 Å². The predicted octanol–water partition coefficient (Wildman–Crippen LogP) is 2.32. The van der Waals surface area contributed by atoms with E-state index in [2.05, 4.69) is 35.9 Å². The monoisotopic (exact) mass is 319 g/mol. The van der Waals surface area contributed by atoms with E-state index in [1.54, 1.807) is 0 Å². The Balaban J connectivity index is 1.91. The molecule has 128 valence electrons. The number of aliphatic hydroxyl groups is 1. The maximum absolute atomic E-state index is 12.2. The van der Waals surface area contributed by atoms with Gasteiger partial charge in [0.1, 0.15) is 0 Å². The third-order valence-corrected chi connectivity index (χ3v) is 4.50. The summed E-state index contributed by atoms with van der Waals surface area (Å²) >= 11 is 0. The highest BCUT2D eigenvalue weighted by molar-refractivity contribution is 5.92. The minimum absolute atomic E-state index is 0.0192. The predicted molar refractivity (Wildman–Crippen MR) is 94.9 cm³/mol. The molecule has 5 nitrogen and oxygen atoms in total. The minimum atomic E-state index is -0.0192. The topological polar surface area (TPSA) is 55.8 Å². The van der Waals surface area contributed by atoms with Crippen molar-refractivity contribution in [2.45, 2.75) is 45.7 Å². The number of carbonyl (C=O) groups excluding carboxylic acids is 1. The van der Waals surface area contributed by atoms with Gasteiger partial charge >= 0.3 is 0 Å². The normalized spacial score (nSPS) is 18.4. The Bertz CT molecular complexity index is 501. The number of likely N-dealkylation sites (tertiary alicyclic amines) is 1. The molecule has 0 radical (unpaired) electrons. The molecule has 0 aromatic heterocycles. The van der Waals surface area contributed by atoms with Gasteiger partial charge in [-0.3, -0.25) is 9.69 Å². The van der Waals surface area contributed by atoms with E-state index in [0.29, 0.717) is 12.6 Å². The van der Waals surface area contributed by atoms with Gasteiger partial charge in [0.05, 0.1) is 13.2 Å². The zero-order valence-corrected chi connectivity index (χ0v) is 14.5. The van der Waals surface area contributed by atoms with Gasteiger partial charge in [0, 0.05) is 30.0 Å². The van der Waals surface area contributed by atoms with Crippen molar-refractivity contribution in [3.63, 3.8) is 0 Å². The number of nitrogens with one attached hydrogen (secondary N) is 1. The molecular weight excluding hydrogens is 290 g/mol. The first kappa shape index (κ1) is 17.8. The highest BCUT2D eigenvalue weighted by atomic mass is 16.3. The number of aliphatic hydroxyl groups excluding tert-OH is 1. The van der Waals surface area contributed by atoms with Gasteiger partial charge in [-0.25, -0.2) is 0 Å². The maximum atomic E-state index is 12.2. The second-order valence-electron chi connectivity index (χ2n) is 6.42. The smallest absolute Gasteiger partial charge is 0.238 e. The Morgan fingerprint density at radius 3 is 2.65 bits per heavy atom. The van der Waals surface area contributed by atoms with E-state index in [4.69, 9.17) is 0 Å². The van der Waals surface area contributed by atoms with Crippen LogP contribution in [0.1, 0.15) is 33.6 Å². The fourth-order valence-corrected chi connectivity index (χ4v) is 3.28. The molecule has 2 rings (SSSR count). The summed E-state index contributed by atoms with van der Waals surface area (Å²) in [6.07, 6.45) is 2.02. The minimum Gasteiger partial charge on any atom is -0.395 e. The van der Waals surface area contributed by atoms with Crippen LogP contribution >= 0.6 is 0 Å². The Morgan fingerprint density at radius 2 is 2.09 bits per heavy atom. The van der Waals surface area contributed by atoms with E-state index in [-0.39, 0.29) is 18.6 Å². The first-order valence-electron chi connectivity index (χ1n) is 8.56. The van der Waals surface area contributed by atoms with Crippen LogP contribution in [0.15, 0.2) is 24.3 Å². The van der Waals surface area contributed by atoms with Crippen LogP contribution in [0.2, 0.25) is 0 Å². The fraction of sp³-hybridized carbons (Fsp3) is 0.611. The Hall–Kier alpha value is -1.59. The third-order valence-electron chi connectivity index (χ3n) is 4.50. The summed E-state index contributed by atoms with van der Waals surface area (Å²) in [4.78, 5) is 16.5. The number of carbonyl (C=O) groups is 1. The SMILES string of the molecule is CCN(c1ccc(NC(=O)CN2CCCC2CO)cc1)C(C)C. The number of hydrogen-bond donors (Lipinski definition) is 2. The average Bonchev–Trinajstić information content (AvgIpc) is 2.96. The van der Waals surface area contributed by atoms with Crippen LogP contribution in [0.25, 0.3) is 0 Å². The molecule has 1 saturated heterocycles. The molecule has 1 aromatic carbocycles. The molecule has 1 atom stereocenters. The third kappa shape index (κ3) is 4.69. The zero-order chi connectivity index (χ0) is 16.8. The van der Waals surface area contributed by atoms with E-state index in [1.165, 1.54) is 5.69 Å². The van der Waals surface area contributed by atoms with Crippen LogP contribution in [0.4, 0.5) is 11.4 Å². The van der Waals surface area contributed by atoms with Crippen molar-refractivity contribution in [1.29, 1.82) is 0 Å². The van der Waals surface area contributed by atoms with E-state index < -0.39 is 0 Å². The zero-order valence-electron chi connectivity index (χ0n) is 14.5. The van der Waals surface area contributed by atoms with Crippen LogP contribution in [0.3, 0.4) is 0 Å². The quantitative estimate of drug-likeness (QED) is 0.810. The summed E-state index contributed by atoms with van der Waals surface area (Å²) in [5.41, 5.74) is 1.98. The molecule has 1 amide bonds. The fourth-order valence-electron chi connectivity index (χ4n) is 3.28. The van der Waals surface area contributed by atoms with Crippen LogP contribution in [0, 0.1) is 0 Å². The van der Waals surface area contributed by atoms with Crippen molar-refractivity contribution in [1.82, 2.24) is 4.90 Å². The van der Waals surface area contributed by atoms with E-state index in [9.17, 15) is 9.90 Å². The maximum Gasteiger partial charge on any atom is 0.238 e. The lowest BCUT2D eigenvalue weighted by molar-refractivity contribution is -0.117. The number of rotatable bonds is 7. The number of amides is 1. The Labute approximate surface area is 139 Å². The van der Waals surface area contributed by atoms with E-state index in [0.717, 1.165) is 31.6 Å². The van der Waals surface area contributed by atoms with Gasteiger partial charge in [0.25, 0.3) is 0 Å². The lowest BCUT2D eigenvalue weighted by Gasteiger charge is -2.27. The van der Waals surface area contributed by atoms with E-state index >= 15 is 0 Å². The molecule has 2 N–H and O–H groups in total. The summed E-state index contributed by atoms with van der Waals surface area (Å²) in [6.45, 7) is 8.81. The van der Waals surface area contributed by atoms with Crippen molar-refractivity contribution < 1.29 is 9.90 Å². The van der Waals surface area contributed by atoms with Crippen molar-refractivity contribution in [3.8, 4) is 0 Å². The highest BCUT2D eigenvalue weighted by Gasteiger charge is 2.25. The second kappa shape index (κ2) is 8.31. The molecule has 1 unspecified atom stereocenters. The molecule has 0 saturated carbocycles.